The molecule has 0 N–H and O–H groups in total. The fourth-order valence-corrected chi connectivity index (χ4v) is 3.05. The highest BCUT2D eigenvalue weighted by atomic mass is 32.2. The van der Waals surface area contributed by atoms with Gasteiger partial charge in [0, 0.05) is 0 Å². The summed E-state index contributed by atoms with van der Waals surface area (Å²) >= 11 is 0.762. The lowest BCUT2D eigenvalue weighted by atomic mass is 10.2. The molecular weight excluding hydrogens is 349 g/mol. The molecule has 1 aliphatic heterocycles. The van der Waals surface area contributed by atoms with Gasteiger partial charge in [-0.3, -0.25) is 14.5 Å². The molecule has 0 atom stereocenters. The Hall–Kier alpha value is -2.87. The lowest BCUT2D eigenvalue weighted by Crippen LogP contribution is -2.27. The Morgan fingerprint density at radius 1 is 1.32 bits per heavy atom. The van der Waals surface area contributed by atoms with Gasteiger partial charge < -0.3 is 9.15 Å². The number of furan rings is 1. The van der Waals surface area contributed by atoms with Crippen molar-refractivity contribution in [3.8, 4) is 0 Å². The first kappa shape index (κ1) is 17.0. The molecule has 3 rings (SSSR count). The van der Waals surface area contributed by atoms with Gasteiger partial charge in [-0.15, -0.1) is 0 Å². The molecule has 2 amide bonds. The van der Waals surface area contributed by atoms with Crippen molar-refractivity contribution < 1.29 is 27.9 Å². The van der Waals surface area contributed by atoms with Crippen molar-refractivity contribution in [2.45, 2.75) is 6.54 Å². The molecule has 0 radical (unpaired) electrons. The van der Waals surface area contributed by atoms with Gasteiger partial charge in [0.25, 0.3) is 11.1 Å². The Bertz CT molecular complexity index is 889. The van der Waals surface area contributed by atoms with Gasteiger partial charge >= 0.3 is 5.97 Å². The minimum absolute atomic E-state index is 0.0141. The minimum atomic E-state index is -0.647. The van der Waals surface area contributed by atoms with Crippen LogP contribution in [0.25, 0.3) is 6.08 Å². The van der Waals surface area contributed by atoms with Crippen LogP contribution in [0, 0.1) is 5.82 Å². The van der Waals surface area contributed by atoms with E-state index in [2.05, 4.69) is 4.74 Å². The maximum atomic E-state index is 13.2. The van der Waals surface area contributed by atoms with Gasteiger partial charge in [0.1, 0.15) is 11.6 Å². The van der Waals surface area contributed by atoms with Crippen LogP contribution < -0.4 is 0 Å². The number of hydrogen-bond acceptors (Lipinski definition) is 6. The zero-order chi connectivity index (χ0) is 18.0. The fraction of sp³-hybridized carbons (Fsp3) is 0.118. The van der Waals surface area contributed by atoms with E-state index < -0.39 is 22.9 Å². The average molecular weight is 361 g/mol. The maximum absolute atomic E-state index is 13.2. The largest absolute Gasteiger partial charge is 0.463 e. The van der Waals surface area contributed by atoms with Crippen molar-refractivity contribution in [3.63, 3.8) is 0 Å². The van der Waals surface area contributed by atoms with Gasteiger partial charge in [0.2, 0.25) is 5.76 Å². The van der Waals surface area contributed by atoms with Gasteiger partial charge in [0.15, 0.2) is 0 Å². The normalized spacial score (nSPS) is 15.9. The lowest BCUT2D eigenvalue weighted by Gasteiger charge is -2.09. The second kappa shape index (κ2) is 6.94. The summed E-state index contributed by atoms with van der Waals surface area (Å²) in [6.45, 7) is -0.109. The number of halogens is 1. The van der Waals surface area contributed by atoms with Crippen LogP contribution in [-0.4, -0.2) is 29.1 Å². The first-order valence-electron chi connectivity index (χ1n) is 7.16. The molecule has 2 heterocycles. The quantitative estimate of drug-likeness (QED) is 0.613. The standard InChI is InChI=1S/C17H12FNO5S/c1-23-16(21)13-6-5-12(24-13)9-19-15(20)14(25-17(19)22)8-10-3-2-4-11(18)7-10/h2-8H,9H2,1H3. The van der Waals surface area contributed by atoms with E-state index in [1.54, 1.807) is 6.07 Å². The summed E-state index contributed by atoms with van der Waals surface area (Å²) in [5.41, 5.74) is 0.483. The van der Waals surface area contributed by atoms with Crippen LogP contribution in [0.2, 0.25) is 0 Å². The van der Waals surface area contributed by atoms with Crippen LogP contribution in [-0.2, 0) is 16.1 Å². The number of amides is 2. The molecule has 1 aromatic carbocycles. The molecule has 0 bridgehead atoms. The molecule has 2 aromatic rings. The molecule has 25 heavy (non-hydrogen) atoms. The van der Waals surface area contributed by atoms with Crippen molar-refractivity contribution >= 4 is 35.0 Å². The molecule has 8 heteroatoms. The van der Waals surface area contributed by atoms with Gasteiger partial charge in [-0.1, -0.05) is 12.1 Å². The molecule has 1 saturated heterocycles. The molecular formula is C17H12FNO5S. The summed E-state index contributed by atoms with van der Waals surface area (Å²) in [7, 11) is 1.22. The van der Waals surface area contributed by atoms with Crippen LogP contribution in [0.4, 0.5) is 9.18 Å². The summed E-state index contributed by atoms with van der Waals surface area (Å²) in [5.74, 6) is -1.32. The van der Waals surface area contributed by atoms with E-state index in [-0.39, 0.29) is 23.0 Å². The number of hydrogen-bond donors (Lipinski definition) is 0. The summed E-state index contributed by atoms with van der Waals surface area (Å²) in [4.78, 5) is 37.0. The van der Waals surface area contributed by atoms with E-state index in [0.29, 0.717) is 5.56 Å². The molecule has 0 spiro atoms. The van der Waals surface area contributed by atoms with E-state index >= 15 is 0 Å². The zero-order valence-electron chi connectivity index (χ0n) is 13.0. The van der Waals surface area contributed by atoms with Gasteiger partial charge in [-0.25, -0.2) is 9.18 Å². The number of nitrogens with zero attached hydrogens (tertiary/aromatic N) is 1. The number of rotatable bonds is 4. The highest BCUT2D eigenvalue weighted by Gasteiger charge is 2.35. The summed E-state index contributed by atoms with van der Waals surface area (Å²) < 4.78 is 23.0. The monoisotopic (exact) mass is 361 g/mol. The molecule has 128 valence electrons. The van der Waals surface area contributed by atoms with Crippen molar-refractivity contribution in [2.75, 3.05) is 7.11 Å². The number of methoxy groups -OCH3 is 1. The number of thioether (sulfide) groups is 1. The number of carbonyl (C=O) groups excluding carboxylic acids is 3. The average Bonchev–Trinajstić information content (AvgIpc) is 3.15. The van der Waals surface area contributed by atoms with Crippen LogP contribution in [0.3, 0.4) is 0 Å². The van der Waals surface area contributed by atoms with E-state index in [0.717, 1.165) is 16.7 Å². The minimum Gasteiger partial charge on any atom is -0.463 e. The lowest BCUT2D eigenvalue weighted by molar-refractivity contribution is -0.123. The van der Waals surface area contributed by atoms with Crippen molar-refractivity contribution in [1.29, 1.82) is 0 Å². The molecule has 0 aliphatic carbocycles. The highest BCUT2D eigenvalue weighted by molar-refractivity contribution is 8.18. The first-order chi connectivity index (χ1) is 12.0. The maximum Gasteiger partial charge on any atom is 0.373 e. The fourth-order valence-electron chi connectivity index (χ4n) is 2.21. The third-order valence-corrected chi connectivity index (χ3v) is 4.29. The van der Waals surface area contributed by atoms with Crippen LogP contribution in [0.15, 0.2) is 45.7 Å². The van der Waals surface area contributed by atoms with E-state index in [4.69, 9.17) is 4.42 Å². The number of esters is 1. The number of benzene rings is 1. The second-order valence-corrected chi connectivity index (χ2v) is 6.07. The molecule has 0 unspecified atom stereocenters. The second-order valence-electron chi connectivity index (χ2n) is 5.08. The topological polar surface area (TPSA) is 76.8 Å². The Morgan fingerprint density at radius 2 is 2.12 bits per heavy atom. The first-order valence-corrected chi connectivity index (χ1v) is 7.97. The van der Waals surface area contributed by atoms with Crippen LogP contribution in [0.5, 0.6) is 0 Å². The van der Waals surface area contributed by atoms with E-state index in [9.17, 15) is 18.8 Å². The zero-order valence-corrected chi connectivity index (χ0v) is 13.8. The Kier molecular flexibility index (Phi) is 4.71. The molecule has 1 fully saturated rings. The van der Waals surface area contributed by atoms with Crippen molar-refractivity contribution in [2.24, 2.45) is 0 Å². The van der Waals surface area contributed by atoms with Crippen molar-refractivity contribution in [3.05, 3.63) is 64.2 Å². The van der Waals surface area contributed by atoms with E-state index in [1.807, 2.05) is 0 Å². The molecule has 1 aliphatic rings. The van der Waals surface area contributed by atoms with Gasteiger partial charge in [-0.05, 0) is 47.7 Å². The third kappa shape index (κ3) is 3.63. The molecule has 1 aromatic heterocycles. The predicted octanol–water partition coefficient (Wildman–Crippen LogP) is 3.44. The molecule has 6 nitrogen and oxygen atoms in total. The number of imide groups is 1. The van der Waals surface area contributed by atoms with Crippen LogP contribution in [0.1, 0.15) is 21.9 Å². The summed E-state index contributed by atoms with van der Waals surface area (Å²) in [5, 5.41) is -0.469. The predicted molar refractivity (Wildman–Crippen MR) is 88.0 cm³/mol. The summed E-state index contributed by atoms with van der Waals surface area (Å²) in [6, 6.07) is 8.60. The third-order valence-electron chi connectivity index (χ3n) is 3.38. The SMILES string of the molecule is COC(=O)c1ccc(CN2C(=O)SC(=Cc3cccc(F)c3)C2=O)o1. The van der Waals surface area contributed by atoms with Gasteiger partial charge in [0.05, 0.1) is 18.6 Å². The Balaban J connectivity index is 1.77. The Labute approximate surface area is 146 Å². The smallest absolute Gasteiger partial charge is 0.373 e. The van der Waals surface area contributed by atoms with Crippen molar-refractivity contribution in [1.82, 2.24) is 4.90 Å². The van der Waals surface area contributed by atoms with Gasteiger partial charge in [-0.2, -0.15) is 0 Å². The number of carbonyl (C=O) groups is 3. The molecule has 0 saturated carbocycles. The Morgan fingerprint density at radius 3 is 2.84 bits per heavy atom. The number of ether oxygens (including phenoxy) is 1. The summed E-state index contributed by atoms with van der Waals surface area (Å²) in [6.07, 6.45) is 1.45. The van der Waals surface area contributed by atoms with E-state index in [1.165, 1.54) is 43.5 Å². The highest BCUT2D eigenvalue weighted by Crippen LogP contribution is 2.33. The van der Waals surface area contributed by atoms with Crippen LogP contribution >= 0.6 is 11.8 Å².